The largest absolute Gasteiger partial charge is 0.482 e. The zero-order valence-corrected chi connectivity index (χ0v) is 11.0. The molecule has 0 aromatic heterocycles. The highest BCUT2D eigenvalue weighted by atomic mass is 35.5. The molecule has 0 bridgehead atoms. The molecule has 0 saturated carbocycles. The van der Waals surface area contributed by atoms with Crippen LogP contribution < -0.4 is 10.1 Å². The van der Waals surface area contributed by atoms with E-state index in [1.54, 1.807) is 12.1 Å². The smallest absolute Gasteiger partial charge is 0.262 e. The quantitative estimate of drug-likeness (QED) is 0.857. The minimum atomic E-state index is -0.222. The van der Waals surface area contributed by atoms with Gasteiger partial charge in [0.15, 0.2) is 12.4 Å². The Labute approximate surface area is 110 Å². The standard InChI is InChI=1S/C13H14ClNO3/c1-7(2)3-11(16)8-4-12-10(5-9(8)14)15-13(17)6-18-12/h4-5,7H,3,6H2,1-2H3,(H,15,17). The number of carbonyl (C=O) groups excluding carboxylic acids is 2. The van der Waals surface area contributed by atoms with Crippen LogP contribution in [-0.2, 0) is 4.79 Å². The Balaban J connectivity index is 2.33. The van der Waals surface area contributed by atoms with Gasteiger partial charge in [0, 0.05) is 12.0 Å². The molecule has 1 aromatic carbocycles. The summed E-state index contributed by atoms with van der Waals surface area (Å²) in [5, 5.41) is 2.99. The molecule has 4 nitrogen and oxygen atoms in total. The minimum absolute atomic E-state index is 0.0155. The summed E-state index contributed by atoms with van der Waals surface area (Å²) in [4.78, 5) is 23.2. The third-order valence-corrected chi connectivity index (χ3v) is 2.91. The SMILES string of the molecule is CC(C)CC(=O)c1cc2c(cc1Cl)NC(=O)CO2. The lowest BCUT2D eigenvalue weighted by atomic mass is 10.0. The molecule has 0 fully saturated rings. The Morgan fingerprint density at radius 3 is 2.89 bits per heavy atom. The summed E-state index contributed by atoms with van der Waals surface area (Å²) in [6.45, 7) is 3.91. The molecule has 5 heteroatoms. The zero-order chi connectivity index (χ0) is 13.3. The fraction of sp³-hybridized carbons (Fsp3) is 0.385. The third-order valence-electron chi connectivity index (χ3n) is 2.60. The number of ether oxygens (including phenoxy) is 1. The van der Waals surface area contributed by atoms with Crippen molar-refractivity contribution in [3.8, 4) is 5.75 Å². The van der Waals surface area contributed by atoms with E-state index in [1.807, 2.05) is 13.8 Å². The second kappa shape index (κ2) is 4.98. The Kier molecular flexibility index (Phi) is 3.57. The van der Waals surface area contributed by atoms with E-state index in [9.17, 15) is 9.59 Å². The van der Waals surface area contributed by atoms with Crippen LogP contribution >= 0.6 is 11.6 Å². The summed E-state index contributed by atoms with van der Waals surface area (Å²) in [6, 6.07) is 3.16. The normalized spacial score (nSPS) is 13.9. The predicted molar refractivity (Wildman–Crippen MR) is 69.4 cm³/mol. The predicted octanol–water partition coefficient (Wildman–Crippen LogP) is 2.90. The van der Waals surface area contributed by atoms with Gasteiger partial charge in [-0.3, -0.25) is 9.59 Å². The van der Waals surface area contributed by atoms with Crippen LogP contribution in [0.3, 0.4) is 0 Å². The molecule has 0 radical (unpaired) electrons. The highest BCUT2D eigenvalue weighted by Gasteiger charge is 2.21. The Hall–Kier alpha value is -1.55. The molecule has 0 atom stereocenters. The fourth-order valence-electron chi connectivity index (χ4n) is 1.79. The van der Waals surface area contributed by atoms with Crippen LogP contribution in [0.2, 0.25) is 5.02 Å². The summed E-state index contributed by atoms with van der Waals surface area (Å²) in [5.41, 5.74) is 0.956. The van der Waals surface area contributed by atoms with Crippen molar-refractivity contribution in [2.24, 2.45) is 5.92 Å². The zero-order valence-electron chi connectivity index (χ0n) is 10.2. The number of fused-ring (bicyclic) bond motifs is 1. The molecule has 0 unspecified atom stereocenters. The first-order valence-electron chi connectivity index (χ1n) is 5.76. The van der Waals surface area contributed by atoms with Crippen molar-refractivity contribution in [1.29, 1.82) is 0 Å². The van der Waals surface area contributed by atoms with Crippen LogP contribution in [0.25, 0.3) is 0 Å². The molecule has 18 heavy (non-hydrogen) atoms. The molecule has 1 heterocycles. The molecule has 0 saturated heterocycles. The lowest BCUT2D eigenvalue weighted by Gasteiger charge is -2.19. The fourth-order valence-corrected chi connectivity index (χ4v) is 2.06. The molecule has 1 aliphatic heterocycles. The summed E-state index contributed by atoms with van der Waals surface area (Å²) in [6.07, 6.45) is 0.435. The molecule has 1 N–H and O–H groups in total. The van der Waals surface area contributed by atoms with Gasteiger partial charge >= 0.3 is 0 Å². The lowest BCUT2D eigenvalue weighted by molar-refractivity contribution is -0.118. The number of amides is 1. The molecule has 0 spiro atoms. The van der Waals surface area contributed by atoms with E-state index in [2.05, 4.69) is 5.32 Å². The number of rotatable bonds is 3. The van der Waals surface area contributed by atoms with Crippen LogP contribution in [0.4, 0.5) is 5.69 Å². The second-order valence-corrected chi connectivity index (χ2v) is 5.09. The van der Waals surface area contributed by atoms with Gasteiger partial charge in [0.05, 0.1) is 10.7 Å². The first-order chi connectivity index (χ1) is 8.47. The van der Waals surface area contributed by atoms with Crippen molar-refractivity contribution < 1.29 is 14.3 Å². The summed E-state index contributed by atoms with van der Waals surface area (Å²) in [5.74, 6) is 0.523. The van der Waals surface area contributed by atoms with Gasteiger partial charge in [-0.2, -0.15) is 0 Å². The van der Waals surface area contributed by atoms with Crippen LogP contribution in [0.5, 0.6) is 5.75 Å². The molecule has 1 aromatic rings. The van der Waals surface area contributed by atoms with Gasteiger partial charge in [0.25, 0.3) is 5.91 Å². The molecule has 2 rings (SSSR count). The van der Waals surface area contributed by atoms with Crippen molar-refractivity contribution >= 4 is 29.0 Å². The molecule has 1 aliphatic rings. The maximum atomic E-state index is 12.0. The van der Waals surface area contributed by atoms with Crippen molar-refractivity contribution in [2.75, 3.05) is 11.9 Å². The van der Waals surface area contributed by atoms with Crippen molar-refractivity contribution in [2.45, 2.75) is 20.3 Å². The maximum absolute atomic E-state index is 12.0. The summed E-state index contributed by atoms with van der Waals surface area (Å²) >= 11 is 6.06. The number of nitrogens with one attached hydrogen (secondary N) is 1. The number of Topliss-reactive ketones (excluding diaryl/α,β-unsaturated/α-hetero) is 1. The van der Waals surface area contributed by atoms with E-state index in [0.29, 0.717) is 28.4 Å². The number of hydrogen-bond acceptors (Lipinski definition) is 3. The van der Waals surface area contributed by atoms with Crippen molar-refractivity contribution in [3.63, 3.8) is 0 Å². The highest BCUT2D eigenvalue weighted by Crippen LogP contribution is 2.34. The topological polar surface area (TPSA) is 55.4 Å². The molecule has 1 amide bonds. The van der Waals surface area contributed by atoms with E-state index in [0.717, 1.165) is 0 Å². The third kappa shape index (κ3) is 2.64. The number of ketones is 1. The first kappa shape index (κ1) is 12.9. The van der Waals surface area contributed by atoms with E-state index in [1.165, 1.54) is 0 Å². The molecular weight excluding hydrogens is 254 g/mol. The average Bonchev–Trinajstić information content (AvgIpc) is 2.26. The second-order valence-electron chi connectivity index (χ2n) is 4.69. The van der Waals surface area contributed by atoms with Gasteiger partial charge in [-0.15, -0.1) is 0 Å². The van der Waals surface area contributed by atoms with Crippen LogP contribution in [0, 0.1) is 5.92 Å². The number of anilines is 1. The van der Waals surface area contributed by atoms with Gasteiger partial charge < -0.3 is 10.1 Å². The Morgan fingerprint density at radius 1 is 1.50 bits per heavy atom. The maximum Gasteiger partial charge on any atom is 0.262 e. The number of halogens is 1. The van der Waals surface area contributed by atoms with Gasteiger partial charge in [-0.1, -0.05) is 25.4 Å². The number of carbonyl (C=O) groups is 2. The number of benzene rings is 1. The van der Waals surface area contributed by atoms with Crippen LogP contribution in [-0.4, -0.2) is 18.3 Å². The van der Waals surface area contributed by atoms with Crippen molar-refractivity contribution in [1.82, 2.24) is 0 Å². The molecule has 0 aliphatic carbocycles. The minimum Gasteiger partial charge on any atom is -0.482 e. The van der Waals surface area contributed by atoms with Gasteiger partial charge in [0.2, 0.25) is 0 Å². The van der Waals surface area contributed by atoms with Crippen LogP contribution in [0.1, 0.15) is 30.6 Å². The van der Waals surface area contributed by atoms with E-state index in [-0.39, 0.29) is 24.2 Å². The lowest BCUT2D eigenvalue weighted by Crippen LogP contribution is -2.25. The molecule has 96 valence electrons. The monoisotopic (exact) mass is 267 g/mol. The van der Waals surface area contributed by atoms with Gasteiger partial charge in [-0.25, -0.2) is 0 Å². The summed E-state index contributed by atoms with van der Waals surface area (Å²) in [7, 11) is 0. The Bertz CT molecular complexity index is 511. The van der Waals surface area contributed by atoms with Crippen LogP contribution in [0.15, 0.2) is 12.1 Å². The highest BCUT2D eigenvalue weighted by molar-refractivity contribution is 6.34. The van der Waals surface area contributed by atoms with Gasteiger partial charge in [0.1, 0.15) is 5.75 Å². The molecular formula is C13H14ClNO3. The Morgan fingerprint density at radius 2 is 2.22 bits per heavy atom. The average molecular weight is 268 g/mol. The number of hydrogen-bond donors (Lipinski definition) is 1. The van der Waals surface area contributed by atoms with Crippen molar-refractivity contribution in [3.05, 3.63) is 22.7 Å². The van der Waals surface area contributed by atoms with E-state index >= 15 is 0 Å². The van der Waals surface area contributed by atoms with E-state index in [4.69, 9.17) is 16.3 Å². The van der Waals surface area contributed by atoms with Gasteiger partial charge in [-0.05, 0) is 18.1 Å². The first-order valence-corrected chi connectivity index (χ1v) is 6.14. The summed E-state index contributed by atoms with van der Waals surface area (Å²) < 4.78 is 5.26. The van der Waals surface area contributed by atoms with E-state index < -0.39 is 0 Å².